The Kier molecular flexibility index (Phi) is 5.72. The van der Waals surface area contributed by atoms with E-state index in [-0.39, 0.29) is 23.7 Å². The van der Waals surface area contributed by atoms with E-state index in [9.17, 15) is 9.59 Å². The molecule has 0 N–H and O–H groups in total. The molecule has 2 amide bonds. The van der Waals surface area contributed by atoms with Crippen molar-refractivity contribution in [3.8, 4) is 0 Å². The van der Waals surface area contributed by atoms with Crippen LogP contribution in [0.2, 0.25) is 0 Å². The van der Waals surface area contributed by atoms with Gasteiger partial charge in [0, 0.05) is 19.0 Å². The van der Waals surface area contributed by atoms with Crippen LogP contribution in [0.4, 0.5) is 10.8 Å². The Morgan fingerprint density at radius 3 is 2.47 bits per heavy atom. The number of hydrogen-bond donors (Lipinski definition) is 0. The van der Waals surface area contributed by atoms with Crippen LogP contribution in [0.3, 0.4) is 0 Å². The minimum absolute atomic E-state index is 0.0367. The highest BCUT2D eigenvalue weighted by Crippen LogP contribution is 2.37. The highest BCUT2D eigenvalue weighted by molar-refractivity contribution is 7.22. The molecule has 2 fully saturated rings. The average molecular weight is 448 g/mol. The summed E-state index contributed by atoms with van der Waals surface area (Å²) in [6, 6.07) is 16.2. The lowest BCUT2D eigenvalue weighted by Crippen LogP contribution is -2.46. The molecule has 1 aromatic heterocycles. The lowest BCUT2D eigenvalue weighted by molar-refractivity contribution is -0.136. The van der Waals surface area contributed by atoms with Crippen LogP contribution in [0.1, 0.15) is 51.0 Å². The van der Waals surface area contributed by atoms with E-state index in [1.165, 1.54) is 16.9 Å². The molecule has 2 aromatic carbocycles. The van der Waals surface area contributed by atoms with E-state index >= 15 is 0 Å². The van der Waals surface area contributed by atoms with Crippen molar-refractivity contribution in [3.05, 3.63) is 54.1 Å². The Labute approximate surface area is 193 Å². The van der Waals surface area contributed by atoms with Gasteiger partial charge in [0.25, 0.3) is 0 Å². The molecule has 0 spiro atoms. The second kappa shape index (κ2) is 8.66. The minimum atomic E-state index is -0.205. The first-order valence-electron chi connectivity index (χ1n) is 11.6. The van der Waals surface area contributed by atoms with E-state index in [0.717, 1.165) is 48.1 Å². The quantitative estimate of drug-likeness (QED) is 0.502. The molecular formula is C26H29N3O2S. The van der Waals surface area contributed by atoms with Gasteiger partial charge in [-0.2, -0.15) is 0 Å². The highest BCUT2D eigenvalue weighted by Gasteiger charge is 2.38. The fourth-order valence-electron chi connectivity index (χ4n) is 4.45. The summed E-state index contributed by atoms with van der Waals surface area (Å²) < 4.78 is 1.06. The first-order chi connectivity index (χ1) is 15.5. The maximum absolute atomic E-state index is 13.9. The zero-order valence-corrected chi connectivity index (χ0v) is 19.5. The molecule has 1 saturated carbocycles. The summed E-state index contributed by atoms with van der Waals surface area (Å²) in [6.07, 6.45) is 3.66. The maximum atomic E-state index is 13.9. The van der Waals surface area contributed by atoms with E-state index in [2.05, 4.69) is 26.0 Å². The fraction of sp³-hybridized carbons (Fsp3) is 0.423. The second-order valence-electron chi connectivity index (χ2n) is 9.28. The number of piperidine rings is 1. The molecule has 2 heterocycles. The van der Waals surface area contributed by atoms with Crippen molar-refractivity contribution in [1.29, 1.82) is 0 Å². The van der Waals surface area contributed by atoms with E-state index in [1.54, 1.807) is 4.90 Å². The zero-order chi connectivity index (χ0) is 22.2. The van der Waals surface area contributed by atoms with Gasteiger partial charge in [-0.15, -0.1) is 0 Å². The van der Waals surface area contributed by atoms with Crippen LogP contribution >= 0.6 is 11.3 Å². The normalized spacial score (nSPS) is 18.8. The van der Waals surface area contributed by atoms with Gasteiger partial charge in [-0.05, 0) is 61.4 Å². The standard InChI is InChI=1S/C26H29N3O2S/c1-17(2)18-11-13-21(14-12-18)29(26-27-22-7-3-4-8-23(22)32-26)25(31)20-6-5-15-28(16-20)24(30)19-9-10-19/h3-4,7-8,11-14,17,19-20H,5-6,9-10,15-16H2,1-2H3. The van der Waals surface area contributed by atoms with E-state index in [4.69, 9.17) is 4.98 Å². The molecule has 5 nitrogen and oxygen atoms in total. The smallest absolute Gasteiger partial charge is 0.238 e. The summed E-state index contributed by atoms with van der Waals surface area (Å²) in [5.41, 5.74) is 2.98. The van der Waals surface area contributed by atoms with Crippen molar-refractivity contribution >= 4 is 44.2 Å². The summed E-state index contributed by atoms with van der Waals surface area (Å²) >= 11 is 1.54. The number of aromatic nitrogens is 1. The number of benzene rings is 2. The Morgan fingerprint density at radius 1 is 1.03 bits per heavy atom. The number of hydrogen-bond acceptors (Lipinski definition) is 4. The molecule has 6 heteroatoms. The van der Waals surface area contributed by atoms with Gasteiger partial charge in [-0.3, -0.25) is 14.5 Å². The number of carbonyl (C=O) groups excluding carboxylic acids is 2. The minimum Gasteiger partial charge on any atom is -0.342 e. The Morgan fingerprint density at radius 2 is 1.78 bits per heavy atom. The number of para-hydroxylation sites is 1. The number of thiazole rings is 1. The van der Waals surface area contributed by atoms with Crippen LogP contribution in [0.15, 0.2) is 48.5 Å². The fourth-order valence-corrected chi connectivity index (χ4v) is 5.44. The number of fused-ring (bicyclic) bond motifs is 1. The number of carbonyl (C=O) groups is 2. The van der Waals surface area contributed by atoms with Gasteiger partial charge < -0.3 is 4.90 Å². The molecule has 1 aliphatic carbocycles. The number of likely N-dealkylation sites (tertiary alicyclic amines) is 1. The SMILES string of the molecule is CC(C)c1ccc(N(C(=O)C2CCCN(C(=O)C3CC3)C2)c2nc3ccccc3s2)cc1. The van der Waals surface area contributed by atoms with Crippen LogP contribution < -0.4 is 4.90 Å². The van der Waals surface area contributed by atoms with Crippen molar-refractivity contribution in [2.45, 2.75) is 45.4 Å². The number of anilines is 2. The van der Waals surface area contributed by atoms with Crippen molar-refractivity contribution in [2.24, 2.45) is 11.8 Å². The van der Waals surface area contributed by atoms with Crippen molar-refractivity contribution in [3.63, 3.8) is 0 Å². The van der Waals surface area contributed by atoms with Crippen molar-refractivity contribution < 1.29 is 9.59 Å². The van der Waals surface area contributed by atoms with Crippen molar-refractivity contribution in [1.82, 2.24) is 9.88 Å². The molecule has 166 valence electrons. The molecule has 5 rings (SSSR count). The molecule has 1 unspecified atom stereocenters. The average Bonchev–Trinajstić information content (AvgIpc) is 3.58. The third-order valence-electron chi connectivity index (χ3n) is 6.52. The van der Waals surface area contributed by atoms with Gasteiger partial charge in [0.15, 0.2) is 5.13 Å². The van der Waals surface area contributed by atoms with Crippen molar-refractivity contribution in [2.75, 3.05) is 18.0 Å². The van der Waals surface area contributed by atoms with Gasteiger partial charge in [0.2, 0.25) is 11.8 Å². The summed E-state index contributed by atoms with van der Waals surface area (Å²) in [4.78, 5) is 35.1. The van der Waals surface area contributed by atoms with Gasteiger partial charge >= 0.3 is 0 Å². The molecule has 2 aliphatic rings. The summed E-state index contributed by atoms with van der Waals surface area (Å²) in [5.74, 6) is 0.678. The molecule has 0 radical (unpaired) electrons. The highest BCUT2D eigenvalue weighted by atomic mass is 32.1. The van der Waals surface area contributed by atoms with E-state index in [1.807, 2.05) is 41.3 Å². The summed E-state index contributed by atoms with van der Waals surface area (Å²) in [7, 11) is 0. The zero-order valence-electron chi connectivity index (χ0n) is 18.7. The first-order valence-corrected chi connectivity index (χ1v) is 12.4. The molecule has 1 atom stereocenters. The predicted molar refractivity (Wildman–Crippen MR) is 129 cm³/mol. The predicted octanol–water partition coefficient (Wildman–Crippen LogP) is 5.73. The number of nitrogens with zero attached hydrogens (tertiary/aromatic N) is 3. The molecule has 0 bridgehead atoms. The van der Waals surface area contributed by atoms with Crippen LogP contribution in [-0.4, -0.2) is 34.8 Å². The third-order valence-corrected chi connectivity index (χ3v) is 7.54. The van der Waals surface area contributed by atoms with Gasteiger partial charge in [-0.1, -0.05) is 49.4 Å². The largest absolute Gasteiger partial charge is 0.342 e. The third kappa shape index (κ3) is 4.16. The Hall–Kier alpha value is -2.73. The summed E-state index contributed by atoms with van der Waals surface area (Å²) in [5, 5.41) is 0.694. The first kappa shape index (κ1) is 21.1. The van der Waals surface area contributed by atoms with E-state index < -0.39 is 0 Å². The van der Waals surface area contributed by atoms with E-state index in [0.29, 0.717) is 17.6 Å². The molecule has 1 aliphatic heterocycles. The Bertz CT molecular complexity index is 1100. The molecule has 1 saturated heterocycles. The number of rotatable bonds is 5. The van der Waals surface area contributed by atoms with Gasteiger partial charge in [-0.25, -0.2) is 4.98 Å². The summed E-state index contributed by atoms with van der Waals surface area (Å²) in [6.45, 7) is 5.61. The lowest BCUT2D eigenvalue weighted by Gasteiger charge is -2.34. The maximum Gasteiger partial charge on any atom is 0.238 e. The Balaban J connectivity index is 1.48. The molecule has 3 aromatic rings. The lowest BCUT2D eigenvalue weighted by atomic mass is 9.95. The topological polar surface area (TPSA) is 53.5 Å². The van der Waals surface area contributed by atoms with Crippen LogP contribution in [0, 0.1) is 11.8 Å². The van der Waals surface area contributed by atoms with Gasteiger partial charge in [0.1, 0.15) is 0 Å². The second-order valence-corrected chi connectivity index (χ2v) is 10.3. The van der Waals surface area contributed by atoms with Crippen LogP contribution in [0.5, 0.6) is 0 Å². The van der Waals surface area contributed by atoms with Gasteiger partial charge in [0.05, 0.1) is 21.8 Å². The number of amides is 2. The molecular weight excluding hydrogens is 418 g/mol. The van der Waals surface area contributed by atoms with Crippen LogP contribution in [0.25, 0.3) is 10.2 Å². The molecule has 32 heavy (non-hydrogen) atoms. The van der Waals surface area contributed by atoms with Crippen LogP contribution in [-0.2, 0) is 9.59 Å². The monoisotopic (exact) mass is 447 g/mol.